The Hall–Kier alpha value is -2.13. The van der Waals surface area contributed by atoms with Crippen LogP contribution in [0.5, 0.6) is 0 Å². The van der Waals surface area contributed by atoms with Gasteiger partial charge in [-0.3, -0.25) is 4.79 Å². The molecule has 0 bridgehead atoms. The molecule has 1 unspecified atom stereocenters. The average molecular weight is 269 g/mol. The second-order valence-electron chi connectivity index (χ2n) is 4.75. The summed E-state index contributed by atoms with van der Waals surface area (Å²) in [7, 11) is 0. The smallest absolute Gasteiger partial charge is 0.304 e. The second kappa shape index (κ2) is 7.46. The molecule has 0 amide bonds. The van der Waals surface area contributed by atoms with Gasteiger partial charge in [-0.1, -0.05) is 60.7 Å². The first-order chi connectivity index (χ1) is 9.75. The van der Waals surface area contributed by atoms with Crippen molar-refractivity contribution in [2.75, 3.05) is 6.54 Å². The number of nitrogens with one attached hydrogen (secondary N) is 1. The molecule has 0 radical (unpaired) electrons. The Labute approximate surface area is 119 Å². The van der Waals surface area contributed by atoms with Gasteiger partial charge in [0.1, 0.15) is 0 Å². The van der Waals surface area contributed by atoms with Crippen molar-refractivity contribution >= 4 is 5.97 Å². The fourth-order valence-electron chi connectivity index (χ4n) is 2.20. The Kier molecular flexibility index (Phi) is 5.33. The monoisotopic (exact) mass is 269 g/mol. The largest absolute Gasteiger partial charge is 0.481 e. The number of hydrogen-bond donors (Lipinski definition) is 2. The number of aliphatic carboxylic acids is 1. The Morgan fingerprint density at radius 1 is 1.00 bits per heavy atom. The summed E-state index contributed by atoms with van der Waals surface area (Å²) in [5, 5.41) is 12.1. The van der Waals surface area contributed by atoms with Gasteiger partial charge < -0.3 is 10.4 Å². The van der Waals surface area contributed by atoms with Gasteiger partial charge in [0, 0.05) is 12.6 Å². The molecule has 2 rings (SSSR count). The molecule has 0 aromatic heterocycles. The number of carboxylic acid groups (broad SMARTS) is 1. The fourth-order valence-corrected chi connectivity index (χ4v) is 2.20. The van der Waals surface area contributed by atoms with E-state index in [4.69, 9.17) is 5.11 Å². The normalized spacial score (nSPS) is 12.0. The molecule has 20 heavy (non-hydrogen) atoms. The first-order valence-corrected chi connectivity index (χ1v) is 6.80. The van der Waals surface area contributed by atoms with Crippen LogP contribution >= 0.6 is 0 Å². The van der Waals surface area contributed by atoms with Crippen molar-refractivity contribution in [3.8, 4) is 0 Å². The van der Waals surface area contributed by atoms with Crippen molar-refractivity contribution < 1.29 is 9.90 Å². The van der Waals surface area contributed by atoms with Crippen LogP contribution in [-0.4, -0.2) is 17.6 Å². The molecule has 0 aliphatic carbocycles. The molecule has 0 aliphatic rings. The zero-order chi connectivity index (χ0) is 14.2. The summed E-state index contributed by atoms with van der Waals surface area (Å²) in [5.41, 5.74) is 2.42. The third kappa shape index (κ3) is 4.52. The summed E-state index contributed by atoms with van der Waals surface area (Å²) in [6.07, 6.45) is 0.989. The first kappa shape index (κ1) is 14.3. The number of carboxylic acids is 1. The van der Waals surface area contributed by atoms with E-state index < -0.39 is 5.97 Å². The molecular weight excluding hydrogens is 250 g/mol. The highest BCUT2D eigenvalue weighted by Gasteiger charge is 2.11. The Morgan fingerprint density at radius 3 is 2.20 bits per heavy atom. The van der Waals surface area contributed by atoms with Gasteiger partial charge in [-0.05, 0) is 17.5 Å². The second-order valence-corrected chi connectivity index (χ2v) is 4.75. The minimum Gasteiger partial charge on any atom is -0.481 e. The van der Waals surface area contributed by atoms with Crippen LogP contribution in [-0.2, 0) is 11.2 Å². The molecule has 2 N–H and O–H groups in total. The summed E-state index contributed by atoms with van der Waals surface area (Å²) >= 11 is 0. The van der Waals surface area contributed by atoms with E-state index in [1.165, 1.54) is 11.1 Å². The zero-order valence-electron chi connectivity index (χ0n) is 11.3. The summed E-state index contributed by atoms with van der Waals surface area (Å²) < 4.78 is 0. The van der Waals surface area contributed by atoms with Gasteiger partial charge in [0.15, 0.2) is 0 Å². The van der Waals surface area contributed by atoms with Crippen LogP contribution in [0, 0.1) is 0 Å². The Morgan fingerprint density at radius 2 is 1.60 bits per heavy atom. The summed E-state index contributed by atoms with van der Waals surface area (Å²) in [4.78, 5) is 10.6. The van der Waals surface area contributed by atoms with Crippen LogP contribution in [0.25, 0.3) is 0 Å². The molecule has 2 aromatic rings. The molecular formula is C17H19NO2. The third-order valence-corrected chi connectivity index (χ3v) is 3.21. The van der Waals surface area contributed by atoms with Gasteiger partial charge in [0.2, 0.25) is 0 Å². The van der Waals surface area contributed by atoms with E-state index in [2.05, 4.69) is 29.6 Å². The van der Waals surface area contributed by atoms with E-state index in [9.17, 15) is 4.79 Å². The van der Waals surface area contributed by atoms with E-state index in [1.807, 2.05) is 36.4 Å². The van der Waals surface area contributed by atoms with Crippen molar-refractivity contribution in [3.63, 3.8) is 0 Å². The molecule has 3 nitrogen and oxygen atoms in total. The Balaban J connectivity index is 2.06. The van der Waals surface area contributed by atoms with Crippen LogP contribution < -0.4 is 5.32 Å². The van der Waals surface area contributed by atoms with Crippen LogP contribution in [0.4, 0.5) is 0 Å². The van der Waals surface area contributed by atoms with Crippen LogP contribution in [0.2, 0.25) is 0 Å². The predicted octanol–water partition coefficient (Wildman–Crippen LogP) is 3.03. The van der Waals surface area contributed by atoms with Crippen molar-refractivity contribution in [1.29, 1.82) is 0 Å². The standard InChI is InChI=1S/C17H19NO2/c19-17(20)11-12-18-16(15-9-5-2-6-10-15)13-14-7-3-1-4-8-14/h1-10,16,18H,11-13H2,(H,19,20). The molecule has 0 saturated carbocycles. The van der Waals surface area contributed by atoms with Gasteiger partial charge in [0.05, 0.1) is 6.42 Å². The lowest BCUT2D eigenvalue weighted by atomic mass is 9.99. The van der Waals surface area contributed by atoms with E-state index in [-0.39, 0.29) is 12.5 Å². The van der Waals surface area contributed by atoms with E-state index in [0.717, 1.165) is 6.42 Å². The van der Waals surface area contributed by atoms with Crippen LogP contribution in [0.15, 0.2) is 60.7 Å². The Bertz CT molecular complexity index is 525. The maximum Gasteiger partial charge on any atom is 0.304 e. The van der Waals surface area contributed by atoms with E-state index in [1.54, 1.807) is 0 Å². The molecule has 0 fully saturated rings. The maximum absolute atomic E-state index is 10.6. The summed E-state index contributed by atoms with van der Waals surface area (Å²) in [6, 6.07) is 20.5. The van der Waals surface area contributed by atoms with E-state index in [0.29, 0.717) is 6.54 Å². The average Bonchev–Trinajstić information content (AvgIpc) is 2.48. The van der Waals surface area contributed by atoms with Crippen molar-refractivity contribution in [2.24, 2.45) is 0 Å². The van der Waals surface area contributed by atoms with E-state index >= 15 is 0 Å². The molecule has 0 saturated heterocycles. The highest BCUT2D eigenvalue weighted by atomic mass is 16.4. The first-order valence-electron chi connectivity index (χ1n) is 6.80. The third-order valence-electron chi connectivity index (χ3n) is 3.21. The topological polar surface area (TPSA) is 49.3 Å². The van der Waals surface area contributed by atoms with Crippen LogP contribution in [0.1, 0.15) is 23.6 Å². The quantitative estimate of drug-likeness (QED) is 0.812. The SMILES string of the molecule is O=C(O)CCNC(Cc1ccccc1)c1ccccc1. The molecule has 2 aromatic carbocycles. The van der Waals surface area contributed by atoms with Crippen molar-refractivity contribution in [2.45, 2.75) is 18.9 Å². The minimum absolute atomic E-state index is 0.137. The lowest BCUT2D eigenvalue weighted by Crippen LogP contribution is -2.25. The lowest BCUT2D eigenvalue weighted by molar-refractivity contribution is -0.136. The lowest BCUT2D eigenvalue weighted by Gasteiger charge is -2.19. The minimum atomic E-state index is -0.774. The maximum atomic E-state index is 10.6. The van der Waals surface area contributed by atoms with Gasteiger partial charge in [-0.25, -0.2) is 0 Å². The number of hydrogen-bond acceptors (Lipinski definition) is 2. The molecule has 0 spiro atoms. The van der Waals surface area contributed by atoms with Crippen molar-refractivity contribution in [1.82, 2.24) is 5.32 Å². The summed E-state index contributed by atoms with van der Waals surface area (Å²) in [6.45, 7) is 0.474. The molecule has 3 heteroatoms. The number of benzene rings is 2. The van der Waals surface area contributed by atoms with Gasteiger partial charge in [-0.2, -0.15) is 0 Å². The highest BCUT2D eigenvalue weighted by Crippen LogP contribution is 2.18. The number of carbonyl (C=O) groups is 1. The zero-order valence-corrected chi connectivity index (χ0v) is 11.3. The molecule has 104 valence electrons. The van der Waals surface area contributed by atoms with Gasteiger partial charge in [-0.15, -0.1) is 0 Å². The van der Waals surface area contributed by atoms with Crippen LogP contribution in [0.3, 0.4) is 0 Å². The molecule has 1 atom stereocenters. The predicted molar refractivity (Wildman–Crippen MR) is 79.6 cm³/mol. The fraction of sp³-hybridized carbons (Fsp3) is 0.235. The van der Waals surface area contributed by atoms with Gasteiger partial charge >= 0.3 is 5.97 Å². The molecule has 0 heterocycles. The van der Waals surface area contributed by atoms with Gasteiger partial charge in [0.25, 0.3) is 0 Å². The summed E-state index contributed by atoms with van der Waals surface area (Å²) in [5.74, 6) is -0.774. The van der Waals surface area contributed by atoms with Crippen molar-refractivity contribution in [3.05, 3.63) is 71.8 Å². The highest BCUT2D eigenvalue weighted by molar-refractivity contribution is 5.66. The molecule has 0 aliphatic heterocycles. The number of rotatable bonds is 7.